The quantitative estimate of drug-likeness (QED) is 0.777. The molecule has 0 unspecified atom stereocenters. The lowest BCUT2D eigenvalue weighted by Gasteiger charge is -2.41. The van der Waals surface area contributed by atoms with Crippen molar-refractivity contribution in [1.29, 1.82) is 0 Å². The molecule has 2 aliphatic heterocycles. The number of methoxy groups -OCH3 is 1. The van der Waals surface area contributed by atoms with Crippen LogP contribution in [-0.4, -0.2) is 55.1 Å². The Hall–Kier alpha value is -1.39. The van der Waals surface area contributed by atoms with Crippen molar-refractivity contribution < 1.29 is 9.53 Å². The highest BCUT2D eigenvalue weighted by Crippen LogP contribution is 2.26. The minimum atomic E-state index is -0.0531. The summed E-state index contributed by atoms with van der Waals surface area (Å²) < 4.78 is 4.80. The molecule has 3 rings (SSSR count). The van der Waals surface area contributed by atoms with Gasteiger partial charge < -0.3 is 9.64 Å². The van der Waals surface area contributed by atoms with Crippen molar-refractivity contribution in [2.24, 2.45) is 5.92 Å². The molecule has 0 saturated carbocycles. The predicted octanol–water partition coefficient (Wildman–Crippen LogP) is 2.93. The molecule has 0 radical (unpaired) electrons. The Kier molecular flexibility index (Phi) is 6.27. The molecule has 2 heterocycles. The first-order valence-electron chi connectivity index (χ1n) is 9.31. The van der Waals surface area contributed by atoms with Crippen LogP contribution in [0.15, 0.2) is 30.3 Å². The number of hydrogen-bond donors (Lipinski definition) is 0. The summed E-state index contributed by atoms with van der Waals surface area (Å²) in [5.41, 5.74) is 1.42. The molecule has 0 N–H and O–H groups in total. The Morgan fingerprint density at radius 2 is 1.71 bits per heavy atom. The number of piperidine rings is 2. The zero-order valence-electron chi connectivity index (χ0n) is 14.8. The first-order chi connectivity index (χ1) is 11.7. The van der Waals surface area contributed by atoms with Crippen molar-refractivity contribution in [3.8, 4) is 0 Å². The third kappa shape index (κ3) is 4.81. The highest BCUT2D eigenvalue weighted by Gasteiger charge is 2.29. The maximum atomic E-state index is 11.4. The topological polar surface area (TPSA) is 32.8 Å². The molecule has 2 saturated heterocycles. The molecular formula is C20H30N2O2. The van der Waals surface area contributed by atoms with Crippen LogP contribution in [0.3, 0.4) is 0 Å². The van der Waals surface area contributed by atoms with Crippen molar-refractivity contribution in [3.05, 3.63) is 35.9 Å². The van der Waals surface area contributed by atoms with E-state index in [4.69, 9.17) is 4.74 Å². The van der Waals surface area contributed by atoms with Crippen LogP contribution in [0.1, 0.15) is 37.7 Å². The Labute approximate surface area is 145 Å². The number of hydrogen-bond acceptors (Lipinski definition) is 4. The molecule has 0 amide bonds. The van der Waals surface area contributed by atoms with Gasteiger partial charge in [-0.1, -0.05) is 30.3 Å². The normalized spacial score (nSPS) is 21.7. The molecule has 4 nitrogen and oxygen atoms in total. The van der Waals surface area contributed by atoms with E-state index in [1.54, 1.807) is 0 Å². The Balaban J connectivity index is 1.39. The SMILES string of the molecule is COC(=O)CC1CCN(C2CCN(Cc3ccccc3)CC2)CC1. The van der Waals surface area contributed by atoms with Crippen LogP contribution in [0.4, 0.5) is 0 Å². The van der Waals surface area contributed by atoms with Crippen molar-refractivity contribution in [3.63, 3.8) is 0 Å². The Morgan fingerprint density at radius 1 is 1.04 bits per heavy atom. The van der Waals surface area contributed by atoms with Crippen LogP contribution < -0.4 is 0 Å². The molecule has 0 spiro atoms. The fourth-order valence-corrected chi connectivity index (χ4v) is 4.13. The van der Waals surface area contributed by atoms with Gasteiger partial charge in [0.05, 0.1) is 7.11 Å². The number of likely N-dealkylation sites (tertiary alicyclic amines) is 2. The average Bonchev–Trinajstić information content (AvgIpc) is 2.64. The van der Waals surface area contributed by atoms with Gasteiger partial charge in [0.25, 0.3) is 0 Å². The summed E-state index contributed by atoms with van der Waals surface area (Å²) in [7, 11) is 1.49. The fourth-order valence-electron chi connectivity index (χ4n) is 4.13. The van der Waals surface area contributed by atoms with Gasteiger partial charge in [-0.2, -0.15) is 0 Å². The van der Waals surface area contributed by atoms with Crippen LogP contribution in [0.2, 0.25) is 0 Å². The molecule has 24 heavy (non-hydrogen) atoms. The largest absolute Gasteiger partial charge is 0.469 e. The highest BCUT2D eigenvalue weighted by molar-refractivity contribution is 5.69. The summed E-state index contributed by atoms with van der Waals surface area (Å²) >= 11 is 0. The van der Waals surface area contributed by atoms with Gasteiger partial charge in [-0.05, 0) is 63.3 Å². The van der Waals surface area contributed by atoms with Crippen LogP contribution in [0, 0.1) is 5.92 Å². The lowest BCUT2D eigenvalue weighted by atomic mass is 9.91. The number of benzene rings is 1. The maximum absolute atomic E-state index is 11.4. The van der Waals surface area contributed by atoms with Gasteiger partial charge in [-0.3, -0.25) is 9.69 Å². The first-order valence-corrected chi connectivity index (χ1v) is 9.31. The highest BCUT2D eigenvalue weighted by atomic mass is 16.5. The standard InChI is InChI=1S/C20H30N2O2/c1-24-20(23)15-17-7-13-22(14-8-17)19-9-11-21(12-10-19)16-18-5-3-2-4-6-18/h2-6,17,19H,7-16H2,1H3. The second kappa shape index (κ2) is 8.63. The van der Waals surface area contributed by atoms with Crippen LogP contribution in [-0.2, 0) is 16.1 Å². The van der Waals surface area contributed by atoms with Crippen molar-refractivity contribution >= 4 is 5.97 Å². The molecule has 4 heteroatoms. The van der Waals surface area contributed by atoms with E-state index >= 15 is 0 Å². The number of carbonyl (C=O) groups excluding carboxylic acids is 1. The summed E-state index contributed by atoms with van der Waals surface area (Å²) in [6.07, 6.45) is 5.42. The number of esters is 1. The first kappa shape index (κ1) is 17.4. The van der Waals surface area contributed by atoms with E-state index in [2.05, 4.69) is 40.1 Å². The second-order valence-corrected chi connectivity index (χ2v) is 7.25. The molecule has 1 aromatic carbocycles. The Morgan fingerprint density at radius 3 is 2.33 bits per heavy atom. The molecule has 0 aliphatic carbocycles. The molecule has 2 aliphatic rings. The second-order valence-electron chi connectivity index (χ2n) is 7.25. The van der Waals surface area contributed by atoms with E-state index in [1.807, 2.05) is 0 Å². The number of rotatable bonds is 5. The van der Waals surface area contributed by atoms with Gasteiger partial charge in [0, 0.05) is 19.0 Å². The monoisotopic (exact) mass is 330 g/mol. The van der Waals surface area contributed by atoms with Gasteiger partial charge in [0.15, 0.2) is 0 Å². The minimum Gasteiger partial charge on any atom is -0.469 e. The fraction of sp³-hybridized carbons (Fsp3) is 0.650. The maximum Gasteiger partial charge on any atom is 0.305 e. The van der Waals surface area contributed by atoms with Crippen molar-refractivity contribution in [2.45, 2.75) is 44.7 Å². The number of carbonyl (C=O) groups is 1. The van der Waals surface area contributed by atoms with E-state index in [9.17, 15) is 4.79 Å². The van der Waals surface area contributed by atoms with Gasteiger partial charge in [-0.15, -0.1) is 0 Å². The van der Waals surface area contributed by atoms with E-state index in [-0.39, 0.29) is 5.97 Å². The van der Waals surface area contributed by atoms with Crippen molar-refractivity contribution in [1.82, 2.24) is 9.80 Å². The number of nitrogens with zero attached hydrogens (tertiary/aromatic N) is 2. The average molecular weight is 330 g/mol. The summed E-state index contributed by atoms with van der Waals surface area (Å²) in [5.74, 6) is 0.467. The van der Waals surface area contributed by atoms with Crippen LogP contribution in [0.25, 0.3) is 0 Å². The van der Waals surface area contributed by atoms with Gasteiger partial charge in [0.2, 0.25) is 0 Å². The van der Waals surface area contributed by atoms with E-state index in [1.165, 1.54) is 38.6 Å². The lowest BCUT2D eigenvalue weighted by molar-refractivity contribution is -0.142. The van der Waals surface area contributed by atoms with Gasteiger partial charge in [0.1, 0.15) is 0 Å². The van der Waals surface area contributed by atoms with Crippen molar-refractivity contribution in [2.75, 3.05) is 33.3 Å². The molecule has 0 aromatic heterocycles. The Bertz CT molecular complexity index is 504. The van der Waals surface area contributed by atoms with Crippen LogP contribution in [0.5, 0.6) is 0 Å². The molecule has 0 atom stereocenters. The summed E-state index contributed by atoms with van der Waals surface area (Å²) in [5, 5.41) is 0. The van der Waals surface area contributed by atoms with Gasteiger partial charge in [-0.25, -0.2) is 0 Å². The molecule has 1 aromatic rings. The van der Waals surface area contributed by atoms with Crippen LogP contribution >= 0.6 is 0 Å². The summed E-state index contributed by atoms with van der Waals surface area (Å²) in [6, 6.07) is 11.5. The van der Waals surface area contributed by atoms with Gasteiger partial charge >= 0.3 is 5.97 Å². The zero-order valence-corrected chi connectivity index (χ0v) is 14.8. The summed E-state index contributed by atoms with van der Waals surface area (Å²) in [4.78, 5) is 16.6. The summed E-state index contributed by atoms with van der Waals surface area (Å²) in [6.45, 7) is 5.76. The molecule has 0 bridgehead atoms. The molecule has 2 fully saturated rings. The molecule has 132 valence electrons. The van der Waals surface area contributed by atoms with E-state index < -0.39 is 0 Å². The lowest BCUT2D eigenvalue weighted by Crippen LogP contribution is -2.47. The predicted molar refractivity (Wildman–Crippen MR) is 95.7 cm³/mol. The third-order valence-corrected chi connectivity index (χ3v) is 5.65. The van der Waals surface area contributed by atoms with E-state index in [0.29, 0.717) is 12.3 Å². The smallest absolute Gasteiger partial charge is 0.305 e. The molecular weight excluding hydrogens is 300 g/mol. The van der Waals surface area contributed by atoms with E-state index in [0.717, 1.165) is 38.5 Å². The minimum absolute atomic E-state index is 0.0531. The third-order valence-electron chi connectivity index (χ3n) is 5.65. The number of ether oxygens (including phenoxy) is 1. The zero-order chi connectivity index (χ0) is 16.8.